The Kier molecular flexibility index (Phi) is 5.55. The van der Waals surface area contributed by atoms with Crippen molar-refractivity contribution < 1.29 is 17.6 Å². The fourth-order valence-electron chi connectivity index (χ4n) is 3.24. The van der Waals surface area contributed by atoms with Crippen LogP contribution in [-0.4, -0.2) is 41.9 Å². The number of aromatic amines is 1. The van der Waals surface area contributed by atoms with Crippen LogP contribution in [0.15, 0.2) is 23.1 Å². The average Bonchev–Trinajstić information content (AvgIpc) is 2.97. The molecule has 1 atom stereocenters. The molecule has 3 rings (SSSR count). The second kappa shape index (κ2) is 7.57. The molecular weight excluding hydrogens is 395 g/mol. The van der Waals surface area contributed by atoms with E-state index in [1.807, 2.05) is 0 Å². The van der Waals surface area contributed by atoms with Gasteiger partial charge in [0.25, 0.3) is 0 Å². The summed E-state index contributed by atoms with van der Waals surface area (Å²) >= 11 is 5.73. The van der Waals surface area contributed by atoms with Crippen LogP contribution in [0.3, 0.4) is 0 Å². The number of piperidine rings is 1. The Morgan fingerprint density at radius 3 is 2.78 bits per heavy atom. The predicted octanol–water partition coefficient (Wildman–Crippen LogP) is 2.86. The summed E-state index contributed by atoms with van der Waals surface area (Å²) in [5.41, 5.74) is 1.24. The van der Waals surface area contributed by atoms with Gasteiger partial charge in [-0.1, -0.05) is 11.6 Å². The number of carbonyl (C=O) groups excluding carboxylic acids is 1. The summed E-state index contributed by atoms with van der Waals surface area (Å²) in [6, 6.07) is 3.90. The van der Waals surface area contributed by atoms with E-state index < -0.39 is 21.8 Å². The second-order valence-electron chi connectivity index (χ2n) is 6.58. The fraction of sp³-hybridized carbons (Fsp3) is 0.412. The summed E-state index contributed by atoms with van der Waals surface area (Å²) < 4.78 is 40.5. The summed E-state index contributed by atoms with van der Waals surface area (Å²) in [6.45, 7) is 3.70. The molecule has 1 saturated heterocycles. The number of halogens is 2. The molecule has 7 nitrogen and oxygen atoms in total. The second-order valence-corrected chi connectivity index (χ2v) is 8.87. The maximum absolute atomic E-state index is 13.2. The molecule has 27 heavy (non-hydrogen) atoms. The molecule has 0 saturated carbocycles. The molecule has 1 aliphatic heterocycles. The molecule has 2 aromatic rings. The van der Waals surface area contributed by atoms with Crippen molar-refractivity contribution >= 4 is 33.2 Å². The van der Waals surface area contributed by atoms with Gasteiger partial charge in [-0.25, -0.2) is 12.8 Å². The van der Waals surface area contributed by atoms with Gasteiger partial charge in [-0.3, -0.25) is 9.89 Å². The minimum absolute atomic E-state index is 0.0765. The van der Waals surface area contributed by atoms with E-state index in [1.165, 1.54) is 22.5 Å². The molecule has 1 aromatic carbocycles. The first-order valence-corrected chi connectivity index (χ1v) is 10.3. The highest BCUT2D eigenvalue weighted by Crippen LogP contribution is 2.28. The number of hydrogen-bond donors (Lipinski definition) is 2. The first-order chi connectivity index (χ1) is 12.7. The van der Waals surface area contributed by atoms with Crippen LogP contribution < -0.4 is 5.32 Å². The first-order valence-electron chi connectivity index (χ1n) is 8.47. The first kappa shape index (κ1) is 19.8. The number of anilines is 1. The van der Waals surface area contributed by atoms with Gasteiger partial charge in [0, 0.05) is 18.8 Å². The number of nitrogens with one attached hydrogen (secondary N) is 2. The van der Waals surface area contributed by atoms with Crippen LogP contribution in [0.5, 0.6) is 0 Å². The number of carbonyl (C=O) groups is 1. The van der Waals surface area contributed by atoms with Gasteiger partial charge in [-0.05, 0) is 44.9 Å². The molecule has 2 N–H and O–H groups in total. The largest absolute Gasteiger partial charge is 0.326 e. The molecule has 0 radical (unpaired) electrons. The van der Waals surface area contributed by atoms with Gasteiger partial charge >= 0.3 is 0 Å². The minimum Gasteiger partial charge on any atom is -0.326 e. The van der Waals surface area contributed by atoms with Crippen LogP contribution in [0.4, 0.5) is 10.1 Å². The molecule has 2 heterocycles. The van der Waals surface area contributed by atoms with Crippen LogP contribution in [0.25, 0.3) is 0 Å². The third-order valence-electron chi connectivity index (χ3n) is 4.60. The Bertz CT molecular complexity index is 957. The van der Waals surface area contributed by atoms with Crippen molar-refractivity contribution in [2.75, 3.05) is 18.4 Å². The van der Waals surface area contributed by atoms with Crippen LogP contribution in [0, 0.1) is 25.6 Å². The Morgan fingerprint density at radius 1 is 1.41 bits per heavy atom. The van der Waals surface area contributed by atoms with Crippen molar-refractivity contribution in [2.45, 2.75) is 31.6 Å². The lowest BCUT2D eigenvalue weighted by Crippen LogP contribution is -2.43. The third kappa shape index (κ3) is 3.99. The average molecular weight is 415 g/mol. The van der Waals surface area contributed by atoms with Crippen molar-refractivity contribution in [3.63, 3.8) is 0 Å². The maximum Gasteiger partial charge on any atom is 0.246 e. The van der Waals surface area contributed by atoms with Crippen molar-refractivity contribution in [1.29, 1.82) is 0 Å². The molecule has 1 aromatic heterocycles. The summed E-state index contributed by atoms with van der Waals surface area (Å²) in [5.74, 6) is -1.40. The Labute approximate surface area is 162 Å². The summed E-state index contributed by atoms with van der Waals surface area (Å²) in [7, 11) is -3.74. The van der Waals surface area contributed by atoms with E-state index in [-0.39, 0.29) is 22.4 Å². The zero-order valence-corrected chi connectivity index (χ0v) is 16.5. The lowest BCUT2D eigenvalue weighted by molar-refractivity contribution is -0.120. The Balaban J connectivity index is 1.75. The molecule has 1 amide bonds. The van der Waals surface area contributed by atoms with Crippen LogP contribution in [-0.2, 0) is 14.8 Å². The lowest BCUT2D eigenvalue weighted by Gasteiger charge is -2.31. The number of rotatable bonds is 4. The van der Waals surface area contributed by atoms with Gasteiger partial charge in [-0.15, -0.1) is 0 Å². The van der Waals surface area contributed by atoms with Gasteiger partial charge < -0.3 is 5.32 Å². The van der Waals surface area contributed by atoms with E-state index in [0.717, 1.165) is 0 Å². The van der Waals surface area contributed by atoms with Crippen molar-refractivity contribution in [1.82, 2.24) is 14.5 Å². The highest BCUT2D eigenvalue weighted by atomic mass is 35.5. The van der Waals surface area contributed by atoms with Crippen LogP contribution >= 0.6 is 11.6 Å². The number of amides is 1. The van der Waals surface area contributed by atoms with E-state index in [4.69, 9.17) is 11.6 Å². The summed E-state index contributed by atoms with van der Waals surface area (Å²) in [4.78, 5) is 12.7. The Hall–Kier alpha value is -1.97. The molecule has 1 aliphatic rings. The number of hydrogen-bond acceptors (Lipinski definition) is 4. The fourth-order valence-corrected chi connectivity index (χ4v) is 5.28. The molecular formula is C17H20ClFN4O3S. The summed E-state index contributed by atoms with van der Waals surface area (Å²) in [5, 5.41) is 9.22. The quantitative estimate of drug-likeness (QED) is 0.804. The highest BCUT2D eigenvalue weighted by molar-refractivity contribution is 7.89. The van der Waals surface area contributed by atoms with E-state index in [2.05, 4.69) is 15.5 Å². The molecule has 1 fully saturated rings. The van der Waals surface area contributed by atoms with Gasteiger partial charge in [-0.2, -0.15) is 9.40 Å². The number of aromatic nitrogens is 2. The van der Waals surface area contributed by atoms with E-state index >= 15 is 0 Å². The predicted molar refractivity (Wildman–Crippen MR) is 99.6 cm³/mol. The SMILES string of the molecule is Cc1n[nH]c(C)c1S(=O)(=O)N1CCC[C@H](C(=O)Nc2ccc(F)c(Cl)c2)C1. The topological polar surface area (TPSA) is 95.2 Å². The molecule has 0 spiro atoms. The molecule has 0 unspecified atom stereocenters. The van der Waals surface area contributed by atoms with E-state index in [0.29, 0.717) is 36.5 Å². The maximum atomic E-state index is 13.2. The number of sulfonamides is 1. The van der Waals surface area contributed by atoms with E-state index in [9.17, 15) is 17.6 Å². The number of H-pyrrole nitrogens is 1. The minimum atomic E-state index is -3.74. The van der Waals surface area contributed by atoms with Crippen molar-refractivity contribution in [2.24, 2.45) is 5.92 Å². The van der Waals surface area contributed by atoms with Crippen LogP contribution in [0.2, 0.25) is 5.02 Å². The normalized spacial score (nSPS) is 18.4. The van der Waals surface area contributed by atoms with Gasteiger partial charge in [0.15, 0.2) is 0 Å². The monoisotopic (exact) mass is 414 g/mol. The van der Waals surface area contributed by atoms with E-state index in [1.54, 1.807) is 13.8 Å². The molecule has 146 valence electrons. The molecule has 10 heteroatoms. The van der Waals surface area contributed by atoms with Gasteiger partial charge in [0.05, 0.1) is 22.3 Å². The standard InChI is InChI=1S/C17H20ClFN4O3S/c1-10-16(11(2)22-21-10)27(25,26)23-7-3-4-12(9-23)17(24)20-13-5-6-15(19)14(18)8-13/h5-6,8,12H,3-4,7,9H2,1-2H3,(H,20,24)(H,21,22)/t12-/m0/s1. The zero-order valence-electron chi connectivity index (χ0n) is 14.9. The van der Waals surface area contributed by atoms with Gasteiger partial charge in [0.1, 0.15) is 10.7 Å². The van der Waals surface area contributed by atoms with Crippen LogP contribution in [0.1, 0.15) is 24.2 Å². The molecule has 0 aliphatic carbocycles. The Morgan fingerprint density at radius 2 is 2.15 bits per heavy atom. The third-order valence-corrected chi connectivity index (χ3v) is 7.02. The van der Waals surface area contributed by atoms with Crippen molar-refractivity contribution in [3.8, 4) is 0 Å². The van der Waals surface area contributed by atoms with Gasteiger partial charge in [0.2, 0.25) is 15.9 Å². The number of benzene rings is 1. The highest BCUT2D eigenvalue weighted by Gasteiger charge is 2.35. The summed E-state index contributed by atoms with van der Waals surface area (Å²) in [6.07, 6.45) is 1.13. The number of aryl methyl sites for hydroxylation is 2. The number of nitrogens with zero attached hydrogens (tertiary/aromatic N) is 2. The molecule has 0 bridgehead atoms. The smallest absolute Gasteiger partial charge is 0.246 e. The zero-order chi connectivity index (χ0) is 19.8. The lowest BCUT2D eigenvalue weighted by atomic mass is 9.99. The van der Waals surface area contributed by atoms with Crippen molar-refractivity contribution in [3.05, 3.63) is 40.4 Å².